The average Bonchev–Trinajstić information content (AvgIpc) is 2.62. The summed E-state index contributed by atoms with van der Waals surface area (Å²) < 4.78 is 25.9. The van der Waals surface area contributed by atoms with Crippen LogP contribution in [0.25, 0.3) is 0 Å². The van der Waals surface area contributed by atoms with Crippen LogP contribution < -0.4 is 5.73 Å². The fraction of sp³-hybridized carbons (Fsp3) is 0.556. The molecule has 1 atom stereocenters. The van der Waals surface area contributed by atoms with E-state index in [4.69, 9.17) is 5.73 Å². The first kappa shape index (κ1) is 12.6. The van der Waals surface area contributed by atoms with Crippen molar-refractivity contribution in [2.24, 2.45) is 5.73 Å². The molecule has 2 N–H and O–H groups in total. The van der Waals surface area contributed by atoms with Crippen molar-refractivity contribution in [2.75, 3.05) is 13.6 Å². The van der Waals surface area contributed by atoms with Crippen molar-refractivity contribution >= 4 is 21.4 Å². The van der Waals surface area contributed by atoms with Crippen molar-refractivity contribution in [3.8, 4) is 0 Å². The van der Waals surface area contributed by atoms with E-state index in [-0.39, 0.29) is 6.04 Å². The van der Waals surface area contributed by atoms with Crippen LogP contribution in [0, 0.1) is 6.92 Å². The minimum absolute atomic E-state index is 0.184. The quantitative estimate of drug-likeness (QED) is 0.865. The first-order chi connectivity index (χ1) is 6.91. The number of sulfonamides is 1. The van der Waals surface area contributed by atoms with E-state index < -0.39 is 10.0 Å². The van der Waals surface area contributed by atoms with Crippen LogP contribution in [0.3, 0.4) is 0 Å². The van der Waals surface area contributed by atoms with Crippen molar-refractivity contribution in [3.05, 3.63) is 17.0 Å². The second kappa shape index (κ2) is 4.61. The molecule has 0 bridgehead atoms. The van der Waals surface area contributed by atoms with Gasteiger partial charge in [-0.3, -0.25) is 0 Å². The number of nitrogens with zero attached hydrogens (tertiary/aromatic N) is 1. The minimum atomic E-state index is -3.37. The van der Waals surface area contributed by atoms with Crippen LogP contribution in [0.4, 0.5) is 0 Å². The van der Waals surface area contributed by atoms with Crippen LogP contribution in [0.1, 0.15) is 12.5 Å². The van der Waals surface area contributed by atoms with Gasteiger partial charge in [-0.15, -0.1) is 11.3 Å². The second-order valence-electron chi connectivity index (χ2n) is 3.50. The average molecular weight is 248 g/mol. The Morgan fingerprint density at radius 2 is 2.20 bits per heavy atom. The molecule has 0 aromatic carbocycles. The van der Waals surface area contributed by atoms with Gasteiger partial charge in [0.05, 0.1) is 0 Å². The Morgan fingerprint density at radius 3 is 2.60 bits per heavy atom. The van der Waals surface area contributed by atoms with Gasteiger partial charge in [-0.05, 0) is 30.9 Å². The summed E-state index contributed by atoms with van der Waals surface area (Å²) in [6, 6.07) is 1.62. The van der Waals surface area contributed by atoms with Crippen LogP contribution in [0.15, 0.2) is 15.7 Å². The molecule has 1 heterocycles. The number of aryl methyl sites for hydroxylation is 1. The van der Waals surface area contributed by atoms with Gasteiger partial charge in [0.15, 0.2) is 0 Å². The fourth-order valence-corrected chi connectivity index (χ4v) is 4.09. The van der Waals surface area contributed by atoms with Gasteiger partial charge in [0, 0.05) is 19.6 Å². The molecule has 1 unspecified atom stereocenters. The van der Waals surface area contributed by atoms with Crippen LogP contribution in [0.5, 0.6) is 0 Å². The lowest BCUT2D eigenvalue weighted by Gasteiger charge is -2.22. The van der Waals surface area contributed by atoms with Crippen LogP contribution >= 0.6 is 11.3 Å². The third-order valence-electron chi connectivity index (χ3n) is 2.39. The van der Waals surface area contributed by atoms with Gasteiger partial charge in [0.25, 0.3) is 10.0 Å². The summed E-state index contributed by atoms with van der Waals surface area (Å²) in [5.74, 6) is 0. The minimum Gasteiger partial charge on any atom is -0.329 e. The molecule has 0 amide bonds. The molecule has 4 nitrogen and oxygen atoms in total. The third-order valence-corrected chi connectivity index (χ3v) is 6.03. The summed E-state index contributed by atoms with van der Waals surface area (Å²) in [7, 11) is -1.80. The maximum atomic E-state index is 12.1. The predicted molar refractivity (Wildman–Crippen MR) is 62.5 cm³/mol. The van der Waals surface area contributed by atoms with E-state index >= 15 is 0 Å². The SMILES string of the molecule is Cc1ccsc1S(=O)(=O)N(C)C(C)CN. The van der Waals surface area contributed by atoms with Crippen molar-refractivity contribution in [1.29, 1.82) is 0 Å². The Hall–Kier alpha value is -0.430. The van der Waals surface area contributed by atoms with Crippen molar-refractivity contribution in [1.82, 2.24) is 4.31 Å². The molecule has 0 aliphatic heterocycles. The molecular formula is C9H16N2O2S2. The molecule has 0 spiro atoms. The molecule has 0 radical (unpaired) electrons. The topological polar surface area (TPSA) is 63.4 Å². The maximum Gasteiger partial charge on any atom is 0.252 e. The van der Waals surface area contributed by atoms with Gasteiger partial charge in [0.1, 0.15) is 4.21 Å². The molecule has 1 rings (SSSR count). The number of likely N-dealkylation sites (N-methyl/N-ethyl adjacent to an activating group) is 1. The highest BCUT2D eigenvalue weighted by Crippen LogP contribution is 2.25. The predicted octanol–water partition coefficient (Wildman–Crippen LogP) is 1.02. The summed E-state index contributed by atoms with van der Waals surface area (Å²) in [6.45, 7) is 3.91. The molecule has 0 saturated carbocycles. The Bertz CT molecular complexity index is 425. The lowest BCUT2D eigenvalue weighted by Crippen LogP contribution is -2.39. The number of rotatable bonds is 4. The maximum absolute atomic E-state index is 12.1. The van der Waals surface area contributed by atoms with Crippen molar-refractivity contribution in [3.63, 3.8) is 0 Å². The number of nitrogens with two attached hydrogens (primary N) is 1. The summed E-state index contributed by atoms with van der Waals surface area (Å²) in [6.07, 6.45) is 0. The standard InChI is InChI=1S/C9H16N2O2S2/c1-7-4-5-14-9(7)15(12,13)11(3)8(2)6-10/h4-5,8H,6,10H2,1-3H3. The van der Waals surface area contributed by atoms with E-state index in [1.165, 1.54) is 15.6 Å². The zero-order chi connectivity index (χ0) is 11.6. The summed E-state index contributed by atoms with van der Waals surface area (Å²) in [5.41, 5.74) is 6.25. The van der Waals surface area contributed by atoms with Crippen molar-refractivity contribution in [2.45, 2.75) is 24.1 Å². The summed E-state index contributed by atoms with van der Waals surface area (Å²) >= 11 is 1.24. The Labute approximate surface area is 94.8 Å². The molecule has 1 aromatic rings. The van der Waals surface area contributed by atoms with E-state index in [1.54, 1.807) is 32.3 Å². The number of hydrogen-bond donors (Lipinski definition) is 1. The zero-order valence-electron chi connectivity index (χ0n) is 9.10. The van der Waals surface area contributed by atoms with Gasteiger partial charge in [0.2, 0.25) is 0 Å². The third kappa shape index (κ3) is 2.39. The molecule has 0 saturated heterocycles. The highest BCUT2D eigenvalue weighted by molar-refractivity contribution is 7.91. The largest absolute Gasteiger partial charge is 0.329 e. The molecule has 15 heavy (non-hydrogen) atoms. The van der Waals surface area contributed by atoms with E-state index in [2.05, 4.69) is 0 Å². The Balaban J connectivity index is 3.09. The van der Waals surface area contributed by atoms with Crippen LogP contribution in [0.2, 0.25) is 0 Å². The van der Waals surface area contributed by atoms with E-state index in [0.29, 0.717) is 10.8 Å². The zero-order valence-corrected chi connectivity index (χ0v) is 10.7. The molecule has 6 heteroatoms. The number of hydrogen-bond acceptors (Lipinski definition) is 4. The molecular weight excluding hydrogens is 232 g/mol. The van der Waals surface area contributed by atoms with Gasteiger partial charge in [-0.1, -0.05) is 0 Å². The molecule has 0 fully saturated rings. The molecule has 0 aliphatic rings. The van der Waals surface area contributed by atoms with E-state index in [0.717, 1.165) is 5.56 Å². The second-order valence-corrected chi connectivity index (χ2v) is 6.61. The number of thiophene rings is 1. The summed E-state index contributed by atoms with van der Waals surface area (Å²) in [5, 5.41) is 1.78. The van der Waals surface area contributed by atoms with E-state index in [1.807, 2.05) is 0 Å². The van der Waals surface area contributed by atoms with Crippen LogP contribution in [-0.4, -0.2) is 32.4 Å². The van der Waals surface area contributed by atoms with Gasteiger partial charge < -0.3 is 5.73 Å². The first-order valence-corrected chi connectivity index (χ1v) is 6.95. The monoisotopic (exact) mass is 248 g/mol. The lowest BCUT2D eigenvalue weighted by atomic mass is 10.4. The Kier molecular flexibility index (Phi) is 3.88. The van der Waals surface area contributed by atoms with Gasteiger partial charge >= 0.3 is 0 Å². The Morgan fingerprint density at radius 1 is 1.60 bits per heavy atom. The van der Waals surface area contributed by atoms with Gasteiger partial charge in [-0.2, -0.15) is 4.31 Å². The highest BCUT2D eigenvalue weighted by atomic mass is 32.2. The molecule has 1 aromatic heterocycles. The molecule has 0 aliphatic carbocycles. The normalized spacial score (nSPS) is 14.5. The van der Waals surface area contributed by atoms with Crippen LogP contribution in [-0.2, 0) is 10.0 Å². The first-order valence-electron chi connectivity index (χ1n) is 4.63. The lowest BCUT2D eigenvalue weighted by molar-refractivity contribution is 0.395. The fourth-order valence-electron chi connectivity index (χ4n) is 1.14. The highest BCUT2D eigenvalue weighted by Gasteiger charge is 2.26. The molecule has 86 valence electrons. The van der Waals surface area contributed by atoms with Crippen molar-refractivity contribution < 1.29 is 8.42 Å². The smallest absolute Gasteiger partial charge is 0.252 e. The summed E-state index contributed by atoms with van der Waals surface area (Å²) in [4.78, 5) is 0. The van der Waals surface area contributed by atoms with E-state index in [9.17, 15) is 8.42 Å². The van der Waals surface area contributed by atoms with Gasteiger partial charge in [-0.25, -0.2) is 8.42 Å².